The number of aliphatic hydroxyl groups is 1. The summed E-state index contributed by atoms with van der Waals surface area (Å²) in [6.07, 6.45) is 13.9. The smallest absolute Gasteiger partial charge is 0.0558 e. The maximum Gasteiger partial charge on any atom is 0.0558 e. The van der Waals surface area contributed by atoms with Gasteiger partial charge in [-0.15, -0.1) is 0 Å². The van der Waals surface area contributed by atoms with Crippen LogP contribution in [0.15, 0.2) is 0 Å². The molecular formula is C17H37NO. The Labute approximate surface area is 121 Å². The Morgan fingerprint density at radius 3 is 1.63 bits per heavy atom. The molecule has 0 amide bonds. The van der Waals surface area contributed by atoms with Crippen molar-refractivity contribution in [2.45, 2.75) is 91.0 Å². The molecule has 0 unspecified atom stereocenters. The number of hydrogen-bond acceptors (Lipinski definition) is 2. The van der Waals surface area contributed by atoms with Gasteiger partial charge in [-0.2, -0.15) is 0 Å². The predicted molar refractivity (Wildman–Crippen MR) is 85.6 cm³/mol. The third-order valence-electron chi connectivity index (χ3n) is 3.92. The van der Waals surface area contributed by atoms with Crippen molar-refractivity contribution in [1.82, 2.24) is 4.90 Å². The van der Waals surface area contributed by atoms with Gasteiger partial charge in [-0.3, -0.25) is 4.90 Å². The van der Waals surface area contributed by atoms with Crippen LogP contribution >= 0.6 is 0 Å². The van der Waals surface area contributed by atoms with Crippen LogP contribution < -0.4 is 0 Å². The zero-order valence-corrected chi connectivity index (χ0v) is 13.7. The summed E-state index contributed by atoms with van der Waals surface area (Å²) in [6, 6.07) is 0.561. The van der Waals surface area contributed by atoms with Gasteiger partial charge in [0.05, 0.1) is 6.61 Å². The van der Waals surface area contributed by atoms with E-state index in [2.05, 4.69) is 25.7 Å². The first-order valence-electron chi connectivity index (χ1n) is 8.57. The zero-order valence-electron chi connectivity index (χ0n) is 13.7. The van der Waals surface area contributed by atoms with Gasteiger partial charge in [0, 0.05) is 12.6 Å². The maximum atomic E-state index is 9.01. The molecule has 0 atom stereocenters. The number of unbranched alkanes of at least 4 members (excludes halogenated alkanes) is 9. The van der Waals surface area contributed by atoms with Crippen molar-refractivity contribution in [2.24, 2.45) is 0 Å². The molecule has 0 aromatic carbocycles. The Morgan fingerprint density at radius 1 is 0.737 bits per heavy atom. The van der Waals surface area contributed by atoms with Crippen LogP contribution in [-0.4, -0.2) is 35.7 Å². The van der Waals surface area contributed by atoms with Gasteiger partial charge >= 0.3 is 0 Å². The van der Waals surface area contributed by atoms with E-state index in [1.807, 2.05) is 0 Å². The molecule has 0 heterocycles. The van der Waals surface area contributed by atoms with E-state index in [1.165, 1.54) is 64.2 Å². The standard InChI is InChI=1S/C17H37NO/c1-4-5-6-7-8-9-10-11-12-13-14-18(15-16-19)17(2)3/h17,19H,4-16H2,1-3H3. The van der Waals surface area contributed by atoms with E-state index in [1.54, 1.807) is 0 Å². The summed E-state index contributed by atoms with van der Waals surface area (Å²) >= 11 is 0. The first-order chi connectivity index (χ1) is 9.22. The molecule has 0 saturated carbocycles. The number of rotatable bonds is 14. The van der Waals surface area contributed by atoms with Crippen LogP contribution in [0.5, 0.6) is 0 Å². The van der Waals surface area contributed by atoms with Gasteiger partial charge < -0.3 is 5.11 Å². The van der Waals surface area contributed by atoms with Crippen molar-refractivity contribution in [2.75, 3.05) is 19.7 Å². The average molecular weight is 271 g/mol. The van der Waals surface area contributed by atoms with E-state index in [4.69, 9.17) is 5.11 Å². The van der Waals surface area contributed by atoms with Crippen LogP contribution in [0.4, 0.5) is 0 Å². The van der Waals surface area contributed by atoms with E-state index in [9.17, 15) is 0 Å². The van der Waals surface area contributed by atoms with Crippen LogP contribution in [0.1, 0.15) is 85.0 Å². The second kappa shape index (κ2) is 14.3. The van der Waals surface area contributed by atoms with Crippen LogP contribution in [0, 0.1) is 0 Å². The third kappa shape index (κ3) is 12.7. The molecule has 0 radical (unpaired) electrons. The highest BCUT2D eigenvalue weighted by Gasteiger charge is 2.07. The molecule has 0 fully saturated rings. The fourth-order valence-corrected chi connectivity index (χ4v) is 2.56. The SMILES string of the molecule is CCCCCCCCCCCCN(CCO)C(C)C. The van der Waals surface area contributed by atoms with E-state index < -0.39 is 0 Å². The zero-order chi connectivity index (χ0) is 14.3. The van der Waals surface area contributed by atoms with Crippen molar-refractivity contribution < 1.29 is 5.11 Å². The molecule has 0 saturated heterocycles. The number of aliphatic hydroxyl groups excluding tert-OH is 1. The number of hydrogen-bond donors (Lipinski definition) is 1. The normalized spacial score (nSPS) is 11.7. The van der Waals surface area contributed by atoms with Crippen molar-refractivity contribution in [1.29, 1.82) is 0 Å². The lowest BCUT2D eigenvalue weighted by Crippen LogP contribution is -2.34. The molecule has 0 bridgehead atoms. The summed E-state index contributed by atoms with van der Waals surface area (Å²) in [5, 5.41) is 9.01. The van der Waals surface area contributed by atoms with Crippen LogP contribution in [0.3, 0.4) is 0 Å². The third-order valence-corrected chi connectivity index (χ3v) is 3.92. The summed E-state index contributed by atoms with van der Waals surface area (Å²) in [5.41, 5.74) is 0. The molecule has 0 rings (SSSR count). The van der Waals surface area contributed by atoms with E-state index in [0.717, 1.165) is 13.1 Å². The molecule has 0 aromatic heterocycles. The van der Waals surface area contributed by atoms with Gasteiger partial charge in [-0.05, 0) is 26.8 Å². The molecule has 0 aliphatic rings. The van der Waals surface area contributed by atoms with Crippen LogP contribution in [0.25, 0.3) is 0 Å². The second-order valence-electron chi connectivity index (χ2n) is 6.04. The Morgan fingerprint density at radius 2 is 1.21 bits per heavy atom. The summed E-state index contributed by atoms with van der Waals surface area (Å²) in [5.74, 6) is 0. The van der Waals surface area contributed by atoms with Gasteiger partial charge in [0.1, 0.15) is 0 Å². The summed E-state index contributed by atoms with van der Waals surface area (Å²) < 4.78 is 0. The molecule has 0 aliphatic carbocycles. The quantitative estimate of drug-likeness (QED) is 0.466. The summed E-state index contributed by atoms with van der Waals surface area (Å²) in [4.78, 5) is 2.38. The van der Waals surface area contributed by atoms with Gasteiger partial charge in [0.15, 0.2) is 0 Å². The molecular weight excluding hydrogens is 234 g/mol. The number of nitrogens with zero attached hydrogens (tertiary/aromatic N) is 1. The fraction of sp³-hybridized carbons (Fsp3) is 1.00. The Bertz CT molecular complexity index is 171. The molecule has 2 nitrogen and oxygen atoms in total. The highest BCUT2D eigenvalue weighted by molar-refractivity contribution is 4.62. The minimum absolute atomic E-state index is 0.288. The molecule has 116 valence electrons. The lowest BCUT2D eigenvalue weighted by Gasteiger charge is -2.25. The monoisotopic (exact) mass is 271 g/mol. The first kappa shape index (κ1) is 18.9. The van der Waals surface area contributed by atoms with Crippen molar-refractivity contribution >= 4 is 0 Å². The lowest BCUT2D eigenvalue weighted by atomic mass is 10.1. The highest BCUT2D eigenvalue weighted by atomic mass is 16.3. The van der Waals surface area contributed by atoms with E-state index >= 15 is 0 Å². The molecule has 19 heavy (non-hydrogen) atoms. The predicted octanol–water partition coefficient (Wildman–Crippen LogP) is 4.61. The van der Waals surface area contributed by atoms with Crippen molar-refractivity contribution in [3.05, 3.63) is 0 Å². The molecule has 0 aliphatic heterocycles. The van der Waals surface area contributed by atoms with Gasteiger partial charge in [0.25, 0.3) is 0 Å². The average Bonchev–Trinajstić information content (AvgIpc) is 2.39. The van der Waals surface area contributed by atoms with Gasteiger partial charge in [0.2, 0.25) is 0 Å². The Kier molecular flexibility index (Phi) is 14.3. The van der Waals surface area contributed by atoms with Gasteiger partial charge in [-0.25, -0.2) is 0 Å². The summed E-state index contributed by atoms with van der Waals surface area (Å²) in [7, 11) is 0. The van der Waals surface area contributed by atoms with Crippen LogP contribution in [-0.2, 0) is 0 Å². The Balaban J connectivity index is 3.25. The molecule has 0 spiro atoms. The Hall–Kier alpha value is -0.0800. The minimum Gasteiger partial charge on any atom is -0.395 e. The minimum atomic E-state index is 0.288. The fourth-order valence-electron chi connectivity index (χ4n) is 2.56. The maximum absolute atomic E-state index is 9.01. The highest BCUT2D eigenvalue weighted by Crippen LogP contribution is 2.11. The topological polar surface area (TPSA) is 23.5 Å². The van der Waals surface area contributed by atoms with Crippen molar-refractivity contribution in [3.8, 4) is 0 Å². The second-order valence-corrected chi connectivity index (χ2v) is 6.04. The summed E-state index contributed by atoms with van der Waals surface area (Å²) in [6.45, 7) is 8.97. The molecule has 1 N–H and O–H groups in total. The largest absolute Gasteiger partial charge is 0.395 e. The lowest BCUT2D eigenvalue weighted by molar-refractivity contribution is 0.163. The molecule has 2 heteroatoms. The molecule has 0 aromatic rings. The first-order valence-corrected chi connectivity index (χ1v) is 8.57. The van der Waals surface area contributed by atoms with Gasteiger partial charge in [-0.1, -0.05) is 64.7 Å². The van der Waals surface area contributed by atoms with E-state index in [0.29, 0.717) is 6.04 Å². The van der Waals surface area contributed by atoms with Crippen LogP contribution in [0.2, 0.25) is 0 Å². The van der Waals surface area contributed by atoms with Crippen molar-refractivity contribution in [3.63, 3.8) is 0 Å². The van der Waals surface area contributed by atoms with E-state index in [-0.39, 0.29) is 6.61 Å².